The van der Waals surface area contributed by atoms with Gasteiger partial charge in [-0.3, -0.25) is 4.79 Å². The van der Waals surface area contributed by atoms with Gasteiger partial charge in [-0.1, -0.05) is 35.3 Å². The number of anilines is 1. The Morgan fingerprint density at radius 2 is 1.53 bits per heavy atom. The summed E-state index contributed by atoms with van der Waals surface area (Å²) in [5.41, 5.74) is 3.20. The third-order valence-corrected chi connectivity index (χ3v) is 3.30. The molecular weight excluding hydrogens is 281 g/mol. The zero-order chi connectivity index (χ0) is 14.0. The molecule has 0 saturated heterocycles. The predicted molar refractivity (Wildman–Crippen MR) is 80.3 cm³/mol. The zero-order valence-corrected chi connectivity index (χ0v) is 12.1. The van der Waals surface area contributed by atoms with E-state index in [1.165, 1.54) is 0 Å². The maximum absolute atomic E-state index is 12.2. The zero-order valence-electron chi connectivity index (χ0n) is 10.6. The molecule has 0 bridgehead atoms. The molecule has 0 aliphatic heterocycles. The Balaban J connectivity index is 2.31. The highest BCUT2D eigenvalue weighted by Crippen LogP contribution is 2.25. The van der Waals surface area contributed by atoms with Crippen molar-refractivity contribution in [1.82, 2.24) is 0 Å². The maximum Gasteiger partial charge on any atom is 0.258 e. The Bertz CT molecular complexity index is 598. The number of aryl methyl sites for hydroxylation is 2. The average Bonchev–Trinajstić information content (AvgIpc) is 2.26. The molecule has 0 aliphatic rings. The van der Waals surface area contributed by atoms with Crippen LogP contribution >= 0.6 is 23.2 Å². The van der Waals surface area contributed by atoms with E-state index >= 15 is 0 Å². The Labute approximate surface area is 122 Å². The molecule has 1 amide bonds. The SMILES string of the molecule is Cc1cc(C)cc(NC(=O)c2c(Cl)cccc2Cl)c1. The van der Waals surface area contributed by atoms with E-state index in [9.17, 15) is 4.79 Å². The first-order valence-corrected chi connectivity index (χ1v) is 6.56. The largest absolute Gasteiger partial charge is 0.322 e. The van der Waals surface area contributed by atoms with Crippen LogP contribution in [0.25, 0.3) is 0 Å². The second-order valence-electron chi connectivity index (χ2n) is 4.43. The summed E-state index contributed by atoms with van der Waals surface area (Å²) in [6, 6.07) is 10.8. The first-order chi connectivity index (χ1) is 8.97. The molecule has 19 heavy (non-hydrogen) atoms. The monoisotopic (exact) mass is 293 g/mol. The van der Waals surface area contributed by atoms with Crippen LogP contribution in [0.2, 0.25) is 10.0 Å². The second kappa shape index (κ2) is 5.64. The summed E-state index contributed by atoms with van der Waals surface area (Å²) in [5.74, 6) is -0.305. The van der Waals surface area contributed by atoms with Crippen molar-refractivity contribution in [3.05, 3.63) is 63.1 Å². The Morgan fingerprint density at radius 3 is 2.05 bits per heavy atom. The minimum Gasteiger partial charge on any atom is -0.322 e. The molecule has 0 heterocycles. The summed E-state index contributed by atoms with van der Waals surface area (Å²) in [4.78, 5) is 12.2. The fourth-order valence-electron chi connectivity index (χ4n) is 1.96. The molecule has 0 unspecified atom stereocenters. The van der Waals surface area contributed by atoms with Gasteiger partial charge in [-0.05, 0) is 49.2 Å². The van der Waals surface area contributed by atoms with Crippen LogP contribution < -0.4 is 5.32 Å². The van der Waals surface area contributed by atoms with Gasteiger partial charge in [0.05, 0.1) is 15.6 Å². The van der Waals surface area contributed by atoms with Gasteiger partial charge in [0.2, 0.25) is 0 Å². The third kappa shape index (κ3) is 3.28. The van der Waals surface area contributed by atoms with Crippen LogP contribution in [0, 0.1) is 13.8 Å². The maximum atomic E-state index is 12.2. The fraction of sp³-hybridized carbons (Fsp3) is 0.133. The summed E-state index contributed by atoms with van der Waals surface area (Å²) in [6.45, 7) is 3.95. The molecule has 1 N–H and O–H groups in total. The lowest BCUT2D eigenvalue weighted by Crippen LogP contribution is -2.13. The van der Waals surface area contributed by atoms with E-state index < -0.39 is 0 Å². The molecule has 0 radical (unpaired) electrons. The van der Waals surface area contributed by atoms with Crippen molar-refractivity contribution in [3.63, 3.8) is 0 Å². The molecule has 0 saturated carbocycles. The molecule has 0 aliphatic carbocycles. The van der Waals surface area contributed by atoms with Gasteiger partial charge in [0, 0.05) is 5.69 Å². The fourth-order valence-corrected chi connectivity index (χ4v) is 2.52. The van der Waals surface area contributed by atoms with E-state index in [0.717, 1.165) is 16.8 Å². The standard InChI is InChI=1S/C15H13Cl2NO/c1-9-6-10(2)8-11(7-9)18-15(19)14-12(16)4-3-5-13(14)17/h3-8H,1-2H3,(H,18,19). The van der Waals surface area contributed by atoms with E-state index in [4.69, 9.17) is 23.2 Å². The lowest BCUT2D eigenvalue weighted by molar-refractivity contribution is 0.102. The number of hydrogen-bond donors (Lipinski definition) is 1. The van der Waals surface area contributed by atoms with Crippen LogP contribution in [0.3, 0.4) is 0 Å². The lowest BCUT2D eigenvalue weighted by Gasteiger charge is -2.09. The average molecular weight is 294 g/mol. The number of rotatable bonds is 2. The molecule has 2 nitrogen and oxygen atoms in total. The Hall–Kier alpha value is -1.51. The van der Waals surface area contributed by atoms with Gasteiger partial charge in [0.1, 0.15) is 0 Å². The molecule has 0 atom stereocenters. The molecular formula is C15H13Cl2NO. The summed E-state index contributed by atoms with van der Waals surface area (Å²) < 4.78 is 0. The van der Waals surface area contributed by atoms with E-state index in [1.54, 1.807) is 18.2 Å². The smallest absolute Gasteiger partial charge is 0.258 e. The van der Waals surface area contributed by atoms with Gasteiger partial charge in [-0.2, -0.15) is 0 Å². The van der Waals surface area contributed by atoms with Gasteiger partial charge in [-0.15, -0.1) is 0 Å². The van der Waals surface area contributed by atoms with Crippen LogP contribution in [0.15, 0.2) is 36.4 Å². The molecule has 2 aromatic carbocycles. The molecule has 4 heteroatoms. The van der Waals surface area contributed by atoms with Crippen LogP contribution in [0.4, 0.5) is 5.69 Å². The van der Waals surface area contributed by atoms with Crippen LogP contribution in [0.1, 0.15) is 21.5 Å². The van der Waals surface area contributed by atoms with E-state index in [2.05, 4.69) is 5.32 Å². The summed E-state index contributed by atoms with van der Waals surface area (Å²) in [6.07, 6.45) is 0. The highest BCUT2D eigenvalue weighted by molar-refractivity contribution is 6.40. The van der Waals surface area contributed by atoms with Gasteiger partial charge >= 0.3 is 0 Å². The number of nitrogens with one attached hydrogen (secondary N) is 1. The van der Waals surface area contributed by atoms with Crippen molar-refractivity contribution in [3.8, 4) is 0 Å². The number of benzene rings is 2. The number of carbonyl (C=O) groups excluding carboxylic acids is 1. The minimum absolute atomic E-state index is 0.296. The van der Waals surface area contributed by atoms with Gasteiger partial charge in [0.15, 0.2) is 0 Å². The molecule has 0 aromatic heterocycles. The quantitative estimate of drug-likeness (QED) is 0.841. The van der Waals surface area contributed by atoms with Gasteiger partial charge < -0.3 is 5.32 Å². The second-order valence-corrected chi connectivity index (χ2v) is 5.24. The van der Waals surface area contributed by atoms with E-state index in [0.29, 0.717) is 15.6 Å². The molecule has 2 aromatic rings. The van der Waals surface area contributed by atoms with Crippen molar-refractivity contribution < 1.29 is 4.79 Å². The number of halogens is 2. The normalized spacial score (nSPS) is 10.3. The molecule has 0 spiro atoms. The van der Waals surface area contributed by atoms with Crippen molar-refractivity contribution in [2.45, 2.75) is 13.8 Å². The lowest BCUT2D eigenvalue weighted by atomic mass is 10.1. The summed E-state index contributed by atoms with van der Waals surface area (Å²) >= 11 is 12.0. The summed E-state index contributed by atoms with van der Waals surface area (Å²) in [5, 5.41) is 3.50. The van der Waals surface area contributed by atoms with Crippen molar-refractivity contribution >= 4 is 34.8 Å². The third-order valence-electron chi connectivity index (χ3n) is 2.67. The van der Waals surface area contributed by atoms with Crippen molar-refractivity contribution in [2.24, 2.45) is 0 Å². The van der Waals surface area contributed by atoms with Crippen LogP contribution in [-0.2, 0) is 0 Å². The highest BCUT2D eigenvalue weighted by Gasteiger charge is 2.14. The number of carbonyl (C=O) groups is 1. The van der Waals surface area contributed by atoms with Gasteiger partial charge in [-0.25, -0.2) is 0 Å². The van der Waals surface area contributed by atoms with Crippen molar-refractivity contribution in [2.75, 3.05) is 5.32 Å². The first-order valence-electron chi connectivity index (χ1n) is 5.81. The highest BCUT2D eigenvalue weighted by atomic mass is 35.5. The summed E-state index contributed by atoms with van der Waals surface area (Å²) in [7, 11) is 0. The Morgan fingerprint density at radius 1 is 1.00 bits per heavy atom. The number of amides is 1. The first kappa shape index (κ1) is 13.9. The molecule has 0 fully saturated rings. The molecule has 2 rings (SSSR count). The van der Waals surface area contributed by atoms with Crippen LogP contribution in [0.5, 0.6) is 0 Å². The molecule has 98 valence electrons. The topological polar surface area (TPSA) is 29.1 Å². The van der Waals surface area contributed by atoms with E-state index in [-0.39, 0.29) is 5.91 Å². The Kier molecular flexibility index (Phi) is 4.13. The van der Waals surface area contributed by atoms with Gasteiger partial charge in [0.25, 0.3) is 5.91 Å². The number of hydrogen-bond acceptors (Lipinski definition) is 1. The van der Waals surface area contributed by atoms with E-state index in [1.807, 2.05) is 32.0 Å². The minimum atomic E-state index is -0.305. The van der Waals surface area contributed by atoms with Crippen LogP contribution in [-0.4, -0.2) is 5.91 Å². The predicted octanol–water partition coefficient (Wildman–Crippen LogP) is 4.86. The van der Waals surface area contributed by atoms with Crippen molar-refractivity contribution in [1.29, 1.82) is 0 Å².